The Morgan fingerprint density at radius 3 is 2.38 bits per heavy atom. The van der Waals surface area contributed by atoms with E-state index in [2.05, 4.69) is 0 Å². The van der Waals surface area contributed by atoms with Crippen LogP contribution in [0.15, 0.2) is 42.6 Å². The first-order valence-corrected chi connectivity index (χ1v) is 3.85. The van der Waals surface area contributed by atoms with E-state index in [1.165, 1.54) is 6.20 Å². The van der Waals surface area contributed by atoms with Crippen LogP contribution in [0.2, 0.25) is 0 Å². The van der Waals surface area contributed by atoms with Gasteiger partial charge in [-0.15, -0.1) is 0 Å². The van der Waals surface area contributed by atoms with E-state index in [0.717, 1.165) is 5.56 Å². The summed E-state index contributed by atoms with van der Waals surface area (Å²) in [7, 11) is 0. The van der Waals surface area contributed by atoms with Crippen LogP contribution >= 0.6 is 0 Å². The van der Waals surface area contributed by atoms with Gasteiger partial charge in [0.05, 0.1) is 5.56 Å². The molecule has 0 fully saturated rings. The van der Waals surface area contributed by atoms with E-state index < -0.39 is 0 Å². The molecule has 2 rings (SSSR count). The Morgan fingerprint density at radius 1 is 1.15 bits per heavy atom. The van der Waals surface area contributed by atoms with E-state index >= 15 is 0 Å². The van der Waals surface area contributed by atoms with E-state index in [-0.39, 0.29) is 0 Å². The molecule has 1 heterocycles. The maximum Gasteiger partial charge on any atom is 0.255 e. The third-order valence-electron chi connectivity index (χ3n) is 1.83. The minimum atomic E-state index is 0.426. The monoisotopic (exact) mass is 176 g/mol. The average Bonchev–Trinajstić information content (AvgIpc) is 2.49. The van der Waals surface area contributed by atoms with Crippen LogP contribution in [0.25, 0.3) is 11.3 Å². The highest BCUT2D eigenvalue weighted by molar-refractivity contribution is 5.55. The Hall–Kier alpha value is -1.97. The Labute approximate surface area is 74.8 Å². The molecule has 66 valence electrons. The van der Waals surface area contributed by atoms with Gasteiger partial charge in [-0.1, -0.05) is 18.2 Å². The van der Waals surface area contributed by atoms with Crippen molar-refractivity contribution in [2.24, 2.45) is 0 Å². The molecule has 0 saturated carbocycles. The highest BCUT2D eigenvalue weighted by atomic mass is 16.6. The molecule has 1 aromatic carbocycles. The van der Waals surface area contributed by atoms with Gasteiger partial charge in [0, 0.05) is 10.9 Å². The van der Waals surface area contributed by atoms with E-state index in [1.807, 2.05) is 30.3 Å². The highest BCUT2D eigenvalue weighted by Crippen LogP contribution is 2.13. The quantitative estimate of drug-likeness (QED) is 0.400. The molecular weight excluding hydrogens is 168 g/mol. The molecule has 0 bridgehead atoms. The van der Waals surface area contributed by atoms with Gasteiger partial charge in [0.1, 0.15) is 6.20 Å². The molecule has 13 heavy (non-hydrogen) atoms. The predicted octanol–water partition coefficient (Wildman–Crippen LogP) is 1.03. The van der Waals surface area contributed by atoms with Crippen molar-refractivity contribution in [3.63, 3.8) is 0 Å². The summed E-state index contributed by atoms with van der Waals surface area (Å²) in [6, 6.07) is 10.7. The fourth-order valence-corrected chi connectivity index (χ4v) is 1.19. The number of nitrogens with zero attached hydrogens (tertiary/aromatic N) is 2. The first kappa shape index (κ1) is 7.67. The molecule has 0 aliphatic rings. The lowest BCUT2D eigenvalue weighted by Crippen LogP contribution is -2.37. The summed E-state index contributed by atoms with van der Waals surface area (Å²) in [6.45, 7) is 0. The Bertz CT molecular complexity index is 409. The molecular formula is C9H8N2O2. The SMILES string of the molecule is [O-][n+]1c(-c2ccccc2)ccn1O. The first-order chi connectivity index (χ1) is 6.29. The molecule has 2 aromatic rings. The zero-order valence-electron chi connectivity index (χ0n) is 6.79. The summed E-state index contributed by atoms with van der Waals surface area (Å²) in [5.41, 5.74) is 1.22. The number of benzene rings is 1. The number of aromatic nitrogens is 2. The zero-order valence-corrected chi connectivity index (χ0v) is 6.79. The predicted molar refractivity (Wildman–Crippen MR) is 46.0 cm³/mol. The third-order valence-corrected chi connectivity index (χ3v) is 1.83. The van der Waals surface area contributed by atoms with Crippen molar-refractivity contribution in [1.82, 2.24) is 4.85 Å². The number of rotatable bonds is 1. The van der Waals surface area contributed by atoms with E-state index in [9.17, 15) is 5.21 Å². The van der Waals surface area contributed by atoms with Gasteiger partial charge in [-0.3, -0.25) is 0 Å². The molecule has 0 unspecified atom stereocenters. The summed E-state index contributed by atoms with van der Waals surface area (Å²) in [4.78, 5) is 0.928. The van der Waals surface area contributed by atoms with Crippen molar-refractivity contribution in [2.45, 2.75) is 0 Å². The van der Waals surface area contributed by atoms with E-state index in [4.69, 9.17) is 5.21 Å². The maximum absolute atomic E-state index is 11.2. The van der Waals surface area contributed by atoms with Crippen LogP contribution in [0.3, 0.4) is 0 Å². The smallest absolute Gasteiger partial charge is 0.255 e. The van der Waals surface area contributed by atoms with Crippen molar-refractivity contribution in [1.29, 1.82) is 0 Å². The molecule has 4 nitrogen and oxygen atoms in total. The van der Waals surface area contributed by atoms with Crippen LogP contribution in [-0.2, 0) is 0 Å². The molecule has 0 aliphatic carbocycles. The van der Waals surface area contributed by atoms with E-state index in [1.54, 1.807) is 6.07 Å². The Kier molecular flexibility index (Phi) is 1.66. The van der Waals surface area contributed by atoms with Crippen LogP contribution in [0.5, 0.6) is 0 Å². The average molecular weight is 176 g/mol. The van der Waals surface area contributed by atoms with Gasteiger partial charge in [0.2, 0.25) is 0 Å². The van der Waals surface area contributed by atoms with Gasteiger partial charge >= 0.3 is 0 Å². The molecule has 0 saturated heterocycles. The van der Waals surface area contributed by atoms with Crippen LogP contribution in [-0.4, -0.2) is 10.1 Å². The van der Waals surface area contributed by atoms with Crippen molar-refractivity contribution < 1.29 is 10.1 Å². The van der Waals surface area contributed by atoms with E-state index in [0.29, 0.717) is 15.4 Å². The van der Waals surface area contributed by atoms with Crippen LogP contribution < -0.4 is 4.85 Å². The summed E-state index contributed by atoms with van der Waals surface area (Å²) >= 11 is 0. The summed E-state index contributed by atoms with van der Waals surface area (Å²) < 4.78 is 0. The lowest BCUT2D eigenvalue weighted by molar-refractivity contribution is -0.715. The van der Waals surface area contributed by atoms with Crippen molar-refractivity contribution in [3.05, 3.63) is 47.8 Å². The highest BCUT2D eigenvalue weighted by Gasteiger charge is 2.11. The largest absolute Gasteiger partial charge is 0.593 e. The standard InChI is InChI=1S/C9H8N2O2/c12-10-7-6-9(11(10)13)8-4-2-1-3-5-8/h1-7,12H. The van der Waals surface area contributed by atoms with Gasteiger partial charge in [0.25, 0.3) is 5.69 Å². The fraction of sp³-hybridized carbons (Fsp3) is 0. The zero-order chi connectivity index (χ0) is 9.26. The molecule has 1 aromatic heterocycles. The summed E-state index contributed by atoms with van der Waals surface area (Å²) in [6.07, 6.45) is 1.30. The molecule has 0 aliphatic heterocycles. The second kappa shape index (κ2) is 2.82. The van der Waals surface area contributed by atoms with Gasteiger partial charge in [-0.2, -0.15) is 0 Å². The molecule has 0 atom stereocenters. The van der Waals surface area contributed by atoms with Gasteiger partial charge < -0.3 is 10.4 Å². The van der Waals surface area contributed by atoms with Gasteiger partial charge in [0.15, 0.2) is 0 Å². The summed E-state index contributed by atoms with van der Waals surface area (Å²) in [5, 5.41) is 20.2. The topological polar surface area (TPSA) is 52.1 Å². The lowest BCUT2D eigenvalue weighted by Gasteiger charge is -1.98. The van der Waals surface area contributed by atoms with Crippen LogP contribution in [0, 0.1) is 5.21 Å². The maximum atomic E-state index is 11.2. The Balaban J connectivity index is 2.53. The van der Waals surface area contributed by atoms with Crippen molar-refractivity contribution in [3.8, 4) is 11.3 Å². The van der Waals surface area contributed by atoms with Crippen LogP contribution in [0.1, 0.15) is 0 Å². The molecule has 0 spiro atoms. The number of hydrogen-bond donors (Lipinski definition) is 1. The fourth-order valence-electron chi connectivity index (χ4n) is 1.19. The number of hydrogen-bond acceptors (Lipinski definition) is 2. The molecule has 1 N–H and O–H groups in total. The molecule has 0 radical (unpaired) electrons. The third kappa shape index (κ3) is 1.22. The Morgan fingerprint density at radius 2 is 1.85 bits per heavy atom. The van der Waals surface area contributed by atoms with Gasteiger partial charge in [-0.05, 0) is 17.0 Å². The minimum absolute atomic E-state index is 0.426. The van der Waals surface area contributed by atoms with Crippen molar-refractivity contribution in [2.75, 3.05) is 0 Å². The summed E-state index contributed by atoms with van der Waals surface area (Å²) in [5.74, 6) is 0. The lowest BCUT2D eigenvalue weighted by atomic mass is 10.2. The second-order valence-electron chi connectivity index (χ2n) is 2.66. The second-order valence-corrected chi connectivity index (χ2v) is 2.66. The minimum Gasteiger partial charge on any atom is -0.593 e. The first-order valence-electron chi connectivity index (χ1n) is 3.85. The van der Waals surface area contributed by atoms with Crippen molar-refractivity contribution >= 4 is 0 Å². The van der Waals surface area contributed by atoms with Crippen LogP contribution in [0.4, 0.5) is 0 Å². The normalized spacial score (nSPS) is 10.2. The molecule has 4 heteroatoms. The van der Waals surface area contributed by atoms with Gasteiger partial charge in [-0.25, -0.2) is 0 Å². The molecule has 0 amide bonds.